The van der Waals surface area contributed by atoms with E-state index >= 15 is 0 Å². The molecule has 0 spiro atoms. The van der Waals surface area contributed by atoms with Gasteiger partial charge in [-0.2, -0.15) is 0 Å². The van der Waals surface area contributed by atoms with Gasteiger partial charge in [0.05, 0.1) is 19.1 Å². The average molecular weight is 253 g/mol. The molecule has 1 amide bonds. The molecule has 0 radical (unpaired) electrons. The van der Waals surface area contributed by atoms with Crippen LogP contribution in [0.3, 0.4) is 0 Å². The van der Waals surface area contributed by atoms with Gasteiger partial charge in [-0.05, 0) is 24.6 Å². The van der Waals surface area contributed by atoms with E-state index in [1.165, 1.54) is 31.2 Å². The minimum absolute atomic E-state index is 0.0268. The van der Waals surface area contributed by atoms with E-state index in [0.29, 0.717) is 5.56 Å². The number of hydrogen-bond acceptors (Lipinski definition) is 3. The van der Waals surface area contributed by atoms with Crippen LogP contribution in [-0.2, 0) is 14.3 Å². The number of amides is 1. The van der Waals surface area contributed by atoms with Crippen molar-refractivity contribution in [3.8, 4) is 0 Å². The Balaban J connectivity index is 2.80. The number of benzene rings is 1. The molecule has 18 heavy (non-hydrogen) atoms. The van der Waals surface area contributed by atoms with Crippen LogP contribution in [0.25, 0.3) is 0 Å². The Morgan fingerprint density at radius 3 is 2.44 bits per heavy atom. The highest BCUT2D eigenvalue weighted by atomic mass is 19.1. The van der Waals surface area contributed by atoms with Crippen LogP contribution in [0.4, 0.5) is 4.39 Å². The quantitative estimate of drug-likeness (QED) is 0.816. The lowest BCUT2D eigenvalue weighted by Gasteiger charge is -2.17. The molecule has 0 saturated heterocycles. The van der Waals surface area contributed by atoms with Crippen molar-refractivity contribution < 1.29 is 18.7 Å². The number of esters is 1. The Hall–Kier alpha value is -1.91. The molecular formula is C13H16FNO3. The van der Waals surface area contributed by atoms with Gasteiger partial charge in [0, 0.05) is 6.92 Å². The Morgan fingerprint density at radius 1 is 1.33 bits per heavy atom. The zero-order chi connectivity index (χ0) is 13.5. The van der Waals surface area contributed by atoms with Crippen LogP contribution in [0.5, 0.6) is 0 Å². The van der Waals surface area contributed by atoms with E-state index in [-0.39, 0.29) is 24.8 Å². The zero-order valence-electron chi connectivity index (χ0n) is 10.4. The van der Waals surface area contributed by atoms with Crippen LogP contribution in [0, 0.1) is 5.82 Å². The first kappa shape index (κ1) is 14.2. The van der Waals surface area contributed by atoms with E-state index in [2.05, 4.69) is 5.32 Å². The van der Waals surface area contributed by atoms with Crippen LogP contribution >= 0.6 is 0 Å². The fourth-order valence-corrected chi connectivity index (χ4v) is 1.58. The van der Waals surface area contributed by atoms with Gasteiger partial charge in [0.2, 0.25) is 5.91 Å². The van der Waals surface area contributed by atoms with Gasteiger partial charge in [-0.15, -0.1) is 0 Å². The number of carbonyl (C=O) groups excluding carboxylic acids is 2. The summed E-state index contributed by atoms with van der Waals surface area (Å²) >= 11 is 0. The van der Waals surface area contributed by atoms with Crippen LogP contribution in [0.2, 0.25) is 0 Å². The molecular weight excluding hydrogens is 237 g/mol. The molecule has 0 aliphatic carbocycles. The van der Waals surface area contributed by atoms with Crippen LogP contribution in [0.15, 0.2) is 24.3 Å². The summed E-state index contributed by atoms with van der Waals surface area (Å²) in [6.45, 7) is 3.36. The van der Waals surface area contributed by atoms with Gasteiger partial charge in [0.15, 0.2) is 0 Å². The van der Waals surface area contributed by atoms with E-state index in [0.717, 1.165) is 0 Å². The van der Waals surface area contributed by atoms with Crippen molar-refractivity contribution >= 4 is 11.9 Å². The van der Waals surface area contributed by atoms with E-state index in [9.17, 15) is 14.0 Å². The lowest BCUT2D eigenvalue weighted by molar-refractivity contribution is -0.143. The molecule has 0 aliphatic heterocycles. The van der Waals surface area contributed by atoms with Gasteiger partial charge >= 0.3 is 5.97 Å². The maximum Gasteiger partial charge on any atom is 0.308 e. The second-order valence-electron chi connectivity index (χ2n) is 3.81. The monoisotopic (exact) mass is 253 g/mol. The molecule has 0 saturated carbocycles. The van der Waals surface area contributed by atoms with Crippen LogP contribution < -0.4 is 5.32 Å². The Labute approximate surface area is 105 Å². The highest BCUT2D eigenvalue weighted by Gasteiger charge is 2.17. The molecule has 1 N–H and O–H groups in total. The maximum atomic E-state index is 12.8. The minimum Gasteiger partial charge on any atom is -0.466 e. The van der Waals surface area contributed by atoms with Gasteiger partial charge in [-0.3, -0.25) is 9.59 Å². The molecule has 0 aromatic heterocycles. The first-order valence-corrected chi connectivity index (χ1v) is 5.71. The van der Waals surface area contributed by atoms with Crippen molar-refractivity contribution in [3.05, 3.63) is 35.6 Å². The third-order valence-electron chi connectivity index (χ3n) is 2.33. The van der Waals surface area contributed by atoms with Crippen molar-refractivity contribution in [1.82, 2.24) is 5.32 Å². The number of halogens is 1. The fraction of sp³-hybridized carbons (Fsp3) is 0.385. The second-order valence-corrected chi connectivity index (χ2v) is 3.81. The van der Waals surface area contributed by atoms with Crippen molar-refractivity contribution in [3.63, 3.8) is 0 Å². The Morgan fingerprint density at radius 2 is 1.94 bits per heavy atom. The smallest absolute Gasteiger partial charge is 0.308 e. The summed E-state index contributed by atoms with van der Waals surface area (Å²) in [6.07, 6.45) is 0.0268. The van der Waals surface area contributed by atoms with E-state index < -0.39 is 12.0 Å². The summed E-state index contributed by atoms with van der Waals surface area (Å²) in [5.41, 5.74) is 0.666. The fourth-order valence-electron chi connectivity index (χ4n) is 1.58. The van der Waals surface area contributed by atoms with Gasteiger partial charge in [0.25, 0.3) is 0 Å². The first-order valence-electron chi connectivity index (χ1n) is 5.71. The summed E-state index contributed by atoms with van der Waals surface area (Å²) < 4.78 is 17.7. The van der Waals surface area contributed by atoms with E-state index in [1.807, 2.05) is 0 Å². The van der Waals surface area contributed by atoms with Crippen molar-refractivity contribution in [2.24, 2.45) is 0 Å². The molecule has 1 aromatic carbocycles. The average Bonchev–Trinajstić information content (AvgIpc) is 2.28. The second kappa shape index (κ2) is 6.74. The molecule has 0 aliphatic rings. The van der Waals surface area contributed by atoms with Crippen LogP contribution in [-0.4, -0.2) is 18.5 Å². The van der Waals surface area contributed by atoms with Gasteiger partial charge < -0.3 is 10.1 Å². The molecule has 1 rings (SSSR count). The maximum absolute atomic E-state index is 12.8. The summed E-state index contributed by atoms with van der Waals surface area (Å²) in [4.78, 5) is 22.5. The molecule has 1 aromatic rings. The van der Waals surface area contributed by atoms with E-state index in [4.69, 9.17) is 4.74 Å². The third-order valence-corrected chi connectivity index (χ3v) is 2.33. The minimum atomic E-state index is -0.498. The molecule has 4 nitrogen and oxygen atoms in total. The van der Waals surface area contributed by atoms with E-state index in [1.54, 1.807) is 6.92 Å². The van der Waals surface area contributed by atoms with Crippen molar-refractivity contribution in [2.45, 2.75) is 26.3 Å². The van der Waals surface area contributed by atoms with Crippen molar-refractivity contribution in [2.75, 3.05) is 6.61 Å². The summed E-state index contributed by atoms with van der Waals surface area (Å²) in [7, 11) is 0. The predicted octanol–water partition coefficient (Wildman–Crippen LogP) is 1.96. The molecule has 98 valence electrons. The first-order chi connectivity index (χ1) is 8.52. The molecule has 0 bridgehead atoms. The molecule has 5 heteroatoms. The summed E-state index contributed by atoms with van der Waals surface area (Å²) in [5, 5.41) is 2.64. The van der Waals surface area contributed by atoms with Gasteiger partial charge in [-0.1, -0.05) is 12.1 Å². The zero-order valence-corrected chi connectivity index (χ0v) is 10.4. The molecule has 0 fully saturated rings. The Bertz CT molecular complexity index is 417. The van der Waals surface area contributed by atoms with Crippen molar-refractivity contribution in [1.29, 1.82) is 0 Å². The SMILES string of the molecule is CCOC(=O)C[C@H](NC(C)=O)c1ccc(F)cc1. The molecule has 1 atom stereocenters. The third kappa shape index (κ3) is 4.53. The standard InChI is InChI=1S/C13H16FNO3/c1-3-18-13(17)8-12(15-9(2)16)10-4-6-11(14)7-5-10/h4-7,12H,3,8H2,1-2H3,(H,15,16)/t12-/m0/s1. The topological polar surface area (TPSA) is 55.4 Å². The number of ether oxygens (including phenoxy) is 1. The van der Waals surface area contributed by atoms with Gasteiger partial charge in [-0.25, -0.2) is 4.39 Å². The lowest BCUT2D eigenvalue weighted by Crippen LogP contribution is -2.28. The highest BCUT2D eigenvalue weighted by molar-refractivity contribution is 5.76. The number of carbonyl (C=O) groups is 2. The number of nitrogens with one attached hydrogen (secondary N) is 1. The predicted molar refractivity (Wildman–Crippen MR) is 64.2 cm³/mol. The van der Waals surface area contributed by atoms with Crippen LogP contribution in [0.1, 0.15) is 31.9 Å². The highest BCUT2D eigenvalue weighted by Crippen LogP contribution is 2.18. The lowest BCUT2D eigenvalue weighted by atomic mass is 10.0. The Kier molecular flexibility index (Phi) is 5.30. The van der Waals surface area contributed by atoms with Gasteiger partial charge in [0.1, 0.15) is 5.82 Å². The number of rotatable bonds is 5. The molecule has 0 heterocycles. The normalized spacial score (nSPS) is 11.7. The summed E-state index contributed by atoms with van der Waals surface area (Å²) in [6, 6.07) is 5.15. The number of hydrogen-bond donors (Lipinski definition) is 1. The largest absolute Gasteiger partial charge is 0.466 e. The summed E-state index contributed by atoms with van der Waals surface area (Å²) in [5.74, 6) is -1.02. The molecule has 0 unspecified atom stereocenters.